The Balaban J connectivity index is 2.05. The Morgan fingerprint density at radius 1 is 1.28 bits per heavy atom. The van der Waals surface area contributed by atoms with Gasteiger partial charge >= 0.3 is 6.09 Å². The molecule has 0 fully saturated rings. The van der Waals surface area contributed by atoms with Gasteiger partial charge in [-0.15, -0.1) is 0 Å². The number of rotatable bonds is 5. The van der Waals surface area contributed by atoms with Crippen LogP contribution in [-0.4, -0.2) is 44.7 Å². The van der Waals surface area contributed by atoms with E-state index in [1.54, 1.807) is 6.07 Å². The number of hydrogen-bond donors (Lipinski definition) is 3. The van der Waals surface area contributed by atoms with Gasteiger partial charge < -0.3 is 15.2 Å². The molecule has 29 heavy (non-hydrogen) atoms. The first kappa shape index (κ1) is 20.7. The van der Waals surface area contributed by atoms with E-state index in [0.717, 1.165) is 4.31 Å². The van der Waals surface area contributed by atoms with Crippen molar-refractivity contribution in [1.29, 1.82) is 0 Å². The van der Waals surface area contributed by atoms with Gasteiger partial charge in [-0.25, -0.2) is 13.2 Å². The second-order valence-corrected chi connectivity index (χ2v) is 8.58. The first-order chi connectivity index (χ1) is 13.7. The number of carbonyl (C=O) groups excluding carboxylic acids is 1. The van der Waals surface area contributed by atoms with Crippen LogP contribution in [0.3, 0.4) is 0 Å². The molecule has 0 aliphatic carbocycles. The van der Waals surface area contributed by atoms with Crippen LogP contribution in [0.5, 0.6) is 5.75 Å². The molecule has 1 aliphatic heterocycles. The van der Waals surface area contributed by atoms with Crippen molar-refractivity contribution in [3.8, 4) is 5.75 Å². The fourth-order valence-electron chi connectivity index (χ4n) is 2.86. The summed E-state index contributed by atoms with van der Waals surface area (Å²) in [5.74, 6) is -0.0298. The highest BCUT2D eigenvalue weighted by molar-refractivity contribution is 7.92. The van der Waals surface area contributed by atoms with Crippen LogP contribution < -0.4 is 19.7 Å². The number of nitrogens with zero attached hydrogens (tertiary/aromatic N) is 1. The van der Waals surface area contributed by atoms with Crippen molar-refractivity contribution in [1.82, 2.24) is 5.32 Å². The monoisotopic (exact) mass is 439 g/mol. The lowest BCUT2D eigenvalue weighted by Crippen LogP contribution is -2.48. The average Bonchev–Trinajstić information content (AvgIpc) is 2.65. The molecule has 3 N–H and O–H groups in total. The fraction of sp³-hybridized carbons (Fsp3) is 0.222. The third kappa shape index (κ3) is 4.72. The van der Waals surface area contributed by atoms with Gasteiger partial charge in [-0.1, -0.05) is 17.7 Å². The Hall–Kier alpha value is -2.98. The van der Waals surface area contributed by atoms with E-state index in [2.05, 4.69) is 10.6 Å². The first-order valence-corrected chi connectivity index (χ1v) is 10.3. The molecular weight excluding hydrogens is 422 g/mol. The summed E-state index contributed by atoms with van der Waals surface area (Å²) in [6.45, 7) is 1.37. The Bertz CT molecular complexity index is 1060. The van der Waals surface area contributed by atoms with E-state index in [1.807, 2.05) is 0 Å². The minimum atomic E-state index is -4.03. The van der Waals surface area contributed by atoms with Crippen LogP contribution in [0.4, 0.5) is 16.2 Å². The summed E-state index contributed by atoms with van der Waals surface area (Å²) in [6, 6.07) is 10.1. The van der Waals surface area contributed by atoms with Gasteiger partial charge in [0, 0.05) is 17.6 Å². The Labute approximate surface area is 172 Å². The van der Waals surface area contributed by atoms with Crippen molar-refractivity contribution in [2.45, 2.75) is 17.9 Å². The highest BCUT2D eigenvalue weighted by atomic mass is 35.5. The predicted molar refractivity (Wildman–Crippen MR) is 107 cm³/mol. The van der Waals surface area contributed by atoms with Crippen molar-refractivity contribution < 1.29 is 27.9 Å². The van der Waals surface area contributed by atoms with E-state index in [1.165, 1.54) is 43.3 Å². The third-order valence-corrected chi connectivity index (χ3v) is 6.12. The molecule has 3 rings (SSSR count). The number of hydrogen-bond acceptors (Lipinski definition) is 5. The molecule has 154 valence electrons. The van der Waals surface area contributed by atoms with Crippen LogP contribution in [0.2, 0.25) is 5.02 Å². The van der Waals surface area contributed by atoms with E-state index in [9.17, 15) is 18.0 Å². The summed E-state index contributed by atoms with van der Waals surface area (Å²) < 4.78 is 33.5. The Morgan fingerprint density at radius 3 is 2.69 bits per heavy atom. The summed E-state index contributed by atoms with van der Waals surface area (Å²) in [4.78, 5) is 22.2. The molecule has 0 bridgehead atoms. The second-order valence-electron chi connectivity index (χ2n) is 6.28. The summed E-state index contributed by atoms with van der Waals surface area (Å²) in [6.07, 6.45) is -1.92. The number of carboxylic acid groups (broad SMARTS) is 1. The molecule has 2 amide bonds. The fourth-order valence-corrected chi connectivity index (χ4v) is 4.66. The third-order valence-electron chi connectivity index (χ3n) is 4.10. The quantitative estimate of drug-likeness (QED) is 0.657. The topological polar surface area (TPSA) is 125 Å². The van der Waals surface area contributed by atoms with Gasteiger partial charge in [-0.3, -0.25) is 14.4 Å². The van der Waals surface area contributed by atoms with Crippen molar-refractivity contribution in [3.63, 3.8) is 0 Å². The minimum Gasteiger partial charge on any atom is -0.484 e. The number of anilines is 2. The maximum Gasteiger partial charge on any atom is 0.409 e. The second kappa shape index (κ2) is 8.18. The number of fused-ring (bicyclic) bond motifs is 1. The smallest absolute Gasteiger partial charge is 0.409 e. The van der Waals surface area contributed by atoms with E-state index >= 15 is 0 Å². The number of halogens is 1. The molecule has 11 heteroatoms. The summed E-state index contributed by atoms with van der Waals surface area (Å²) >= 11 is 5.96. The van der Waals surface area contributed by atoms with E-state index < -0.39 is 22.2 Å². The zero-order chi connectivity index (χ0) is 21.2. The summed E-state index contributed by atoms with van der Waals surface area (Å²) in [7, 11) is -4.03. The maximum absolute atomic E-state index is 13.3. The SMILES string of the molecule is CC(=O)NCC1CN(S(=O)(=O)c2cccc(Cl)c2)c2cc(NC(=O)O)ccc2O1. The molecule has 2 aromatic rings. The van der Waals surface area contributed by atoms with E-state index in [0.29, 0.717) is 0 Å². The summed E-state index contributed by atoms with van der Waals surface area (Å²) in [5.41, 5.74) is 0.363. The van der Waals surface area contributed by atoms with Crippen LogP contribution in [0, 0.1) is 0 Å². The average molecular weight is 440 g/mol. The van der Waals surface area contributed by atoms with Crippen molar-refractivity contribution in [2.24, 2.45) is 0 Å². The maximum atomic E-state index is 13.3. The molecule has 0 saturated carbocycles. The highest BCUT2D eigenvalue weighted by Gasteiger charge is 2.35. The number of benzene rings is 2. The molecule has 2 aromatic carbocycles. The zero-order valence-electron chi connectivity index (χ0n) is 15.3. The Kier molecular flexibility index (Phi) is 5.85. The molecule has 0 aromatic heterocycles. The molecule has 1 heterocycles. The molecule has 0 radical (unpaired) electrons. The van der Waals surface area contributed by atoms with Gasteiger partial charge in [0.05, 0.1) is 23.7 Å². The van der Waals surface area contributed by atoms with Crippen LogP contribution >= 0.6 is 11.6 Å². The largest absolute Gasteiger partial charge is 0.484 e. The molecule has 9 nitrogen and oxygen atoms in total. The first-order valence-electron chi connectivity index (χ1n) is 8.50. The van der Waals surface area contributed by atoms with Crippen LogP contribution in [0.15, 0.2) is 47.4 Å². The van der Waals surface area contributed by atoms with Gasteiger partial charge in [0.15, 0.2) is 0 Å². The lowest BCUT2D eigenvalue weighted by Gasteiger charge is -2.35. The molecule has 1 atom stereocenters. The number of ether oxygens (including phenoxy) is 1. The standard InChI is InChI=1S/C18H18ClN3O6S/c1-11(23)20-9-14-10-22(29(26,27)15-4-2-3-12(19)7-15)16-8-13(21-18(24)25)5-6-17(16)28-14/h2-8,14,21H,9-10H2,1H3,(H,20,23)(H,24,25). The number of nitrogens with one attached hydrogen (secondary N) is 2. The van der Waals surface area contributed by atoms with Gasteiger partial charge in [-0.2, -0.15) is 0 Å². The minimum absolute atomic E-state index is 0.0206. The van der Waals surface area contributed by atoms with Crippen molar-refractivity contribution >= 4 is 45.0 Å². The van der Waals surface area contributed by atoms with Crippen molar-refractivity contribution in [2.75, 3.05) is 22.7 Å². The van der Waals surface area contributed by atoms with Crippen LogP contribution in [0.1, 0.15) is 6.92 Å². The number of sulfonamides is 1. The zero-order valence-corrected chi connectivity index (χ0v) is 16.8. The molecule has 0 saturated heterocycles. The van der Waals surface area contributed by atoms with Gasteiger partial charge in [0.25, 0.3) is 10.0 Å². The van der Waals surface area contributed by atoms with Crippen LogP contribution in [-0.2, 0) is 14.8 Å². The normalized spacial score (nSPS) is 15.8. The van der Waals surface area contributed by atoms with E-state index in [-0.39, 0.29) is 46.0 Å². The molecule has 0 spiro atoms. The lowest BCUT2D eigenvalue weighted by molar-refractivity contribution is -0.119. The van der Waals surface area contributed by atoms with E-state index in [4.69, 9.17) is 21.4 Å². The van der Waals surface area contributed by atoms with Gasteiger partial charge in [0.2, 0.25) is 5.91 Å². The lowest BCUT2D eigenvalue weighted by atomic mass is 10.2. The van der Waals surface area contributed by atoms with Crippen LogP contribution in [0.25, 0.3) is 0 Å². The van der Waals surface area contributed by atoms with Gasteiger partial charge in [0.1, 0.15) is 11.9 Å². The predicted octanol–water partition coefficient (Wildman–Crippen LogP) is 2.52. The van der Waals surface area contributed by atoms with Crippen molar-refractivity contribution in [3.05, 3.63) is 47.5 Å². The molecule has 1 aliphatic rings. The summed E-state index contributed by atoms with van der Waals surface area (Å²) in [5, 5.41) is 14.0. The molecule has 1 unspecified atom stereocenters. The molecular formula is C18H18ClN3O6S. The number of carbonyl (C=O) groups is 2. The van der Waals surface area contributed by atoms with Gasteiger partial charge in [-0.05, 0) is 36.4 Å². The Morgan fingerprint density at radius 2 is 2.03 bits per heavy atom. The highest BCUT2D eigenvalue weighted by Crippen LogP contribution is 2.39. The number of amides is 2.